The highest BCUT2D eigenvalue weighted by atomic mass is 32.2. The average molecular weight is 418 g/mol. The fourth-order valence-electron chi connectivity index (χ4n) is 3.92. The molecule has 4 rings (SSSR count). The summed E-state index contributed by atoms with van der Waals surface area (Å²) in [4.78, 5) is 7.00. The number of aliphatic imine (C=N–C) groups is 1. The Kier molecular flexibility index (Phi) is 5.86. The first kappa shape index (κ1) is 19.9. The van der Waals surface area contributed by atoms with Crippen molar-refractivity contribution in [3.8, 4) is 0 Å². The molecule has 8 nitrogen and oxygen atoms in total. The number of nitrogens with zero attached hydrogens (tertiary/aromatic N) is 4. The Labute approximate surface area is 171 Å². The van der Waals surface area contributed by atoms with Crippen molar-refractivity contribution >= 4 is 16.0 Å². The maximum Gasteiger partial charge on any atom is 0.220 e. The van der Waals surface area contributed by atoms with Gasteiger partial charge in [0.15, 0.2) is 5.96 Å². The Hall–Kier alpha value is -2.39. The van der Waals surface area contributed by atoms with Gasteiger partial charge in [-0.2, -0.15) is 4.31 Å². The summed E-state index contributed by atoms with van der Waals surface area (Å²) in [7, 11) is -3.40. The largest absolute Gasteiger partial charge is 0.364 e. The van der Waals surface area contributed by atoms with Crippen LogP contribution >= 0.6 is 0 Å². The first-order valence-electron chi connectivity index (χ1n) is 10.0. The first-order valence-corrected chi connectivity index (χ1v) is 11.7. The molecule has 0 amide bonds. The van der Waals surface area contributed by atoms with Crippen LogP contribution in [0.25, 0.3) is 0 Å². The van der Waals surface area contributed by atoms with Gasteiger partial charge >= 0.3 is 0 Å². The molecule has 2 aromatic rings. The standard InChI is InChI=1S/C20H27N5O3S/c1-2-21-20(22-14-17-13-16-5-3-4-6-19(16)17)24-8-10-25(11-9-24)29(26,27)15-18-7-12-28-23-18/h3-7,12,17H,2,8-11,13-15H2,1H3,(H,21,22). The summed E-state index contributed by atoms with van der Waals surface area (Å²) in [6.45, 7) is 5.70. The molecule has 29 heavy (non-hydrogen) atoms. The number of guanidine groups is 1. The Morgan fingerprint density at radius 1 is 1.24 bits per heavy atom. The van der Waals surface area contributed by atoms with Crippen LogP contribution in [-0.4, -0.2) is 68.0 Å². The van der Waals surface area contributed by atoms with Gasteiger partial charge in [-0.3, -0.25) is 4.99 Å². The number of nitrogens with one attached hydrogen (secondary N) is 1. The molecule has 9 heteroatoms. The number of aromatic nitrogens is 1. The molecule has 1 aromatic heterocycles. The van der Waals surface area contributed by atoms with Crippen LogP contribution in [0.15, 0.2) is 46.1 Å². The normalized spacial score (nSPS) is 20.2. The van der Waals surface area contributed by atoms with Crippen LogP contribution in [0.4, 0.5) is 0 Å². The minimum Gasteiger partial charge on any atom is -0.364 e. The first-order chi connectivity index (χ1) is 14.1. The van der Waals surface area contributed by atoms with Gasteiger partial charge in [-0.25, -0.2) is 8.42 Å². The van der Waals surface area contributed by atoms with Crippen molar-refractivity contribution in [3.05, 3.63) is 53.4 Å². The predicted octanol–water partition coefficient (Wildman–Crippen LogP) is 1.43. The minimum absolute atomic E-state index is 0.126. The van der Waals surface area contributed by atoms with E-state index in [2.05, 4.69) is 39.6 Å². The van der Waals surface area contributed by atoms with E-state index >= 15 is 0 Å². The second kappa shape index (κ2) is 8.54. The quantitative estimate of drug-likeness (QED) is 0.565. The molecule has 0 radical (unpaired) electrons. The molecule has 1 unspecified atom stereocenters. The van der Waals surface area contributed by atoms with Crippen LogP contribution in [0.2, 0.25) is 0 Å². The van der Waals surface area contributed by atoms with Gasteiger partial charge in [0.25, 0.3) is 0 Å². The van der Waals surface area contributed by atoms with Gasteiger partial charge in [-0.05, 0) is 24.5 Å². The molecule has 1 aromatic carbocycles. The Balaban J connectivity index is 1.35. The second-order valence-corrected chi connectivity index (χ2v) is 9.40. The lowest BCUT2D eigenvalue weighted by Crippen LogP contribution is -2.54. The molecule has 1 N–H and O–H groups in total. The van der Waals surface area contributed by atoms with Gasteiger partial charge in [0.05, 0.1) is 5.69 Å². The topological polar surface area (TPSA) is 91.0 Å². The summed E-state index contributed by atoms with van der Waals surface area (Å²) in [5.41, 5.74) is 3.25. The fourth-order valence-corrected chi connectivity index (χ4v) is 5.34. The van der Waals surface area contributed by atoms with Gasteiger partial charge in [0, 0.05) is 51.3 Å². The Morgan fingerprint density at radius 2 is 2.03 bits per heavy atom. The maximum atomic E-state index is 12.6. The molecule has 1 aliphatic carbocycles. The SMILES string of the molecule is CCNC(=NCC1Cc2ccccc21)N1CCN(S(=O)(=O)Cc2ccon2)CC1. The van der Waals surface area contributed by atoms with E-state index in [9.17, 15) is 8.42 Å². The van der Waals surface area contributed by atoms with Crippen molar-refractivity contribution in [1.29, 1.82) is 0 Å². The molecule has 0 saturated carbocycles. The fraction of sp³-hybridized carbons (Fsp3) is 0.500. The number of hydrogen-bond donors (Lipinski definition) is 1. The van der Waals surface area contributed by atoms with Crippen LogP contribution < -0.4 is 5.32 Å². The van der Waals surface area contributed by atoms with Gasteiger partial charge in [0.1, 0.15) is 12.0 Å². The lowest BCUT2D eigenvalue weighted by molar-refractivity contribution is 0.259. The number of benzene rings is 1. The monoisotopic (exact) mass is 417 g/mol. The van der Waals surface area contributed by atoms with Crippen LogP contribution in [0.5, 0.6) is 0 Å². The van der Waals surface area contributed by atoms with E-state index < -0.39 is 10.0 Å². The summed E-state index contributed by atoms with van der Waals surface area (Å²) >= 11 is 0. The molecule has 156 valence electrons. The zero-order valence-corrected chi connectivity index (χ0v) is 17.4. The number of hydrogen-bond acceptors (Lipinski definition) is 5. The van der Waals surface area contributed by atoms with E-state index in [1.807, 2.05) is 6.92 Å². The van der Waals surface area contributed by atoms with Crippen LogP contribution in [0.1, 0.15) is 29.7 Å². The van der Waals surface area contributed by atoms with Crippen LogP contribution in [-0.2, 0) is 22.2 Å². The van der Waals surface area contributed by atoms with E-state index in [1.165, 1.54) is 21.7 Å². The lowest BCUT2D eigenvalue weighted by atomic mass is 9.78. The second-order valence-electron chi connectivity index (χ2n) is 7.43. The molecule has 1 atom stereocenters. The predicted molar refractivity (Wildman–Crippen MR) is 111 cm³/mol. The summed E-state index contributed by atoms with van der Waals surface area (Å²) in [5.74, 6) is 1.22. The third-order valence-corrected chi connectivity index (χ3v) is 7.32. The number of sulfonamides is 1. The van der Waals surface area contributed by atoms with Crippen molar-refractivity contribution in [1.82, 2.24) is 19.7 Å². The highest BCUT2D eigenvalue weighted by molar-refractivity contribution is 7.88. The highest BCUT2D eigenvalue weighted by Gasteiger charge is 2.30. The number of fused-ring (bicyclic) bond motifs is 1. The zero-order chi connectivity index (χ0) is 20.3. The van der Waals surface area contributed by atoms with Crippen LogP contribution in [0.3, 0.4) is 0 Å². The average Bonchev–Trinajstić information content (AvgIpc) is 3.20. The van der Waals surface area contributed by atoms with Gasteiger partial charge in [-0.15, -0.1) is 0 Å². The molecule has 0 spiro atoms. The maximum absolute atomic E-state index is 12.6. The third kappa shape index (κ3) is 4.45. The van der Waals surface area contributed by atoms with E-state index in [0.29, 0.717) is 37.8 Å². The molecule has 2 heterocycles. The number of piperazine rings is 1. The molecule has 1 aliphatic heterocycles. The van der Waals surface area contributed by atoms with E-state index in [1.54, 1.807) is 6.07 Å². The van der Waals surface area contributed by atoms with Crippen molar-refractivity contribution < 1.29 is 12.9 Å². The summed E-state index contributed by atoms with van der Waals surface area (Å²) in [6, 6.07) is 10.1. The Bertz CT molecular complexity index is 950. The van der Waals surface area contributed by atoms with E-state index in [-0.39, 0.29) is 5.75 Å². The molecule has 1 fully saturated rings. The van der Waals surface area contributed by atoms with Gasteiger partial charge < -0.3 is 14.7 Å². The molecule has 1 saturated heterocycles. The van der Waals surface area contributed by atoms with Crippen molar-refractivity contribution in [2.45, 2.75) is 25.0 Å². The lowest BCUT2D eigenvalue weighted by Gasteiger charge is -2.36. The summed E-state index contributed by atoms with van der Waals surface area (Å²) < 4.78 is 31.5. The molecule has 0 bridgehead atoms. The van der Waals surface area contributed by atoms with Gasteiger partial charge in [-0.1, -0.05) is 29.4 Å². The highest BCUT2D eigenvalue weighted by Crippen LogP contribution is 2.34. The Morgan fingerprint density at radius 3 is 2.72 bits per heavy atom. The van der Waals surface area contributed by atoms with Crippen molar-refractivity contribution in [2.75, 3.05) is 39.3 Å². The van der Waals surface area contributed by atoms with E-state index in [0.717, 1.165) is 25.5 Å². The van der Waals surface area contributed by atoms with Crippen LogP contribution in [0, 0.1) is 0 Å². The van der Waals surface area contributed by atoms with E-state index in [4.69, 9.17) is 9.52 Å². The molecular weight excluding hydrogens is 390 g/mol. The molecule has 2 aliphatic rings. The zero-order valence-electron chi connectivity index (χ0n) is 16.6. The van der Waals surface area contributed by atoms with Crippen molar-refractivity contribution in [3.63, 3.8) is 0 Å². The summed E-state index contributed by atoms with van der Waals surface area (Å²) in [5, 5.41) is 7.07. The third-order valence-electron chi connectivity index (χ3n) is 5.51. The van der Waals surface area contributed by atoms with Gasteiger partial charge in [0.2, 0.25) is 10.0 Å². The summed E-state index contributed by atoms with van der Waals surface area (Å²) in [6.07, 6.45) is 2.47. The number of rotatable bonds is 6. The minimum atomic E-state index is -3.40. The smallest absolute Gasteiger partial charge is 0.220 e. The van der Waals surface area contributed by atoms with Crippen molar-refractivity contribution in [2.24, 2.45) is 4.99 Å². The molecular formula is C20H27N5O3S.